The summed E-state index contributed by atoms with van der Waals surface area (Å²) in [6.07, 6.45) is 5.09. The number of hydrogen-bond donors (Lipinski definition) is 2. The van der Waals surface area contributed by atoms with Gasteiger partial charge in [-0.15, -0.1) is 0 Å². The zero-order chi connectivity index (χ0) is 13.6. The molecule has 1 fully saturated rings. The number of sulfone groups is 1. The molecular weight excluding hydrogens is 252 g/mol. The summed E-state index contributed by atoms with van der Waals surface area (Å²) in [7, 11) is -3.38. The molecule has 1 amide bonds. The maximum Gasteiger partial charge on any atom is 0.235 e. The molecule has 0 spiro atoms. The highest BCUT2D eigenvalue weighted by molar-refractivity contribution is 7.92. The van der Waals surface area contributed by atoms with E-state index in [1.165, 1.54) is 0 Å². The standard InChI is InChI=1S/C12H24N2O3S/c1-2-7-14-12(15)9-18(16,17)8-11(13)10-5-3-4-6-10/h10-11H,2-9,13H2,1H3,(H,14,15). The van der Waals surface area contributed by atoms with Crippen LogP contribution in [0.1, 0.15) is 39.0 Å². The molecule has 3 N–H and O–H groups in total. The van der Waals surface area contributed by atoms with Crippen molar-refractivity contribution in [1.82, 2.24) is 5.32 Å². The third-order valence-corrected chi connectivity index (χ3v) is 4.97. The molecule has 1 rings (SSSR count). The van der Waals surface area contributed by atoms with Gasteiger partial charge in [0.15, 0.2) is 9.84 Å². The van der Waals surface area contributed by atoms with Gasteiger partial charge in [-0.1, -0.05) is 19.8 Å². The second-order valence-corrected chi connectivity index (χ2v) is 7.22. The van der Waals surface area contributed by atoms with Gasteiger partial charge in [0.1, 0.15) is 5.75 Å². The lowest BCUT2D eigenvalue weighted by molar-refractivity contribution is -0.118. The number of amides is 1. The summed E-state index contributed by atoms with van der Waals surface area (Å²) in [5.74, 6) is -0.626. The van der Waals surface area contributed by atoms with Crippen molar-refractivity contribution in [3.05, 3.63) is 0 Å². The van der Waals surface area contributed by atoms with Crippen LogP contribution in [0.4, 0.5) is 0 Å². The predicted molar refractivity (Wildman–Crippen MR) is 71.9 cm³/mol. The lowest BCUT2D eigenvalue weighted by atomic mass is 10.0. The highest BCUT2D eigenvalue weighted by Crippen LogP contribution is 2.27. The van der Waals surface area contributed by atoms with Crippen LogP contribution in [-0.4, -0.2) is 38.4 Å². The molecular formula is C12H24N2O3S. The van der Waals surface area contributed by atoms with Gasteiger partial charge in [0.05, 0.1) is 5.75 Å². The fourth-order valence-corrected chi connectivity index (χ4v) is 3.87. The van der Waals surface area contributed by atoms with E-state index in [0.717, 1.165) is 32.1 Å². The van der Waals surface area contributed by atoms with Gasteiger partial charge in [-0.2, -0.15) is 0 Å². The first-order chi connectivity index (χ1) is 8.44. The highest BCUT2D eigenvalue weighted by atomic mass is 32.2. The third kappa shape index (κ3) is 5.35. The fourth-order valence-electron chi connectivity index (χ4n) is 2.39. The number of carbonyl (C=O) groups excluding carboxylic acids is 1. The molecule has 6 heteroatoms. The van der Waals surface area contributed by atoms with Crippen LogP contribution in [-0.2, 0) is 14.6 Å². The van der Waals surface area contributed by atoms with Crippen molar-refractivity contribution in [1.29, 1.82) is 0 Å². The number of nitrogens with one attached hydrogen (secondary N) is 1. The van der Waals surface area contributed by atoms with Crippen LogP contribution in [0.5, 0.6) is 0 Å². The first-order valence-electron chi connectivity index (χ1n) is 6.67. The van der Waals surface area contributed by atoms with Crippen LogP contribution in [0.15, 0.2) is 0 Å². The maximum atomic E-state index is 11.8. The Balaban J connectivity index is 2.40. The lowest BCUT2D eigenvalue weighted by Crippen LogP contribution is -2.39. The van der Waals surface area contributed by atoms with Gasteiger partial charge >= 0.3 is 0 Å². The Morgan fingerprint density at radius 1 is 1.39 bits per heavy atom. The Kier molecular flexibility index (Phi) is 6.08. The van der Waals surface area contributed by atoms with Crippen molar-refractivity contribution >= 4 is 15.7 Å². The van der Waals surface area contributed by atoms with Gasteiger partial charge in [-0.05, 0) is 25.2 Å². The summed E-state index contributed by atoms with van der Waals surface area (Å²) in [6.45, 7) is 2.44. The number of hydrogen-bond acceptors (Lipinski definition) is 4. The summed E-state index contributed by atoms with van der Waals surface area (Å²) in [5.41, 5.74) is 5.93. The Morgan fingerprint density at radius 3 is 2.56 bits per heavy atom. The van der Waals surface area contributed by atoms with Crippen molar-refractivity contribution in [2.75, 3.05) is 18.1 Å². The monoisotopic (exact) mass is 276 g/mol. The Labute approximate surface area is 109 Å². The molecule has 1 saturated carbocycles. The average Bonchev–Trinajstić information content (AvgIpc) is 2.78. The van der Waals surface area contributed by atoms with E-state index >= 15 is 0 Å². The van der Waals surface area contributed by atoms with Crippen LogP contribution in [0.2, 0.25) is 0 Å². The molecule has 106 valence electrons. The molecule has 1 aliphatic rings. The molecule has 5 nitrogen and oxygen atoms in total. The van der Waals surface area contributed by atoms with Crippen molar-refractivity contribution in [3.63, 3.8) is 0 Å². The smallest absolute Gasteiger partial charge is 0.235 e. The summed E-state index contributed by atoms with van der Waals surface area (Å²) >= 11 is 0. The second-order valence-electron chi connectivity index (χ2n) is 5.11. The van der Waals surface area contributed by atoms with Crippen molar-refractivity contribution in [2.24, 2.45) is 11.7 Å². The summed E-state index contributed by atoms with van der Waals surface area (Å²) in [5, 5.41) is 2.57. The molecule has 0 aromatic rings. The van der Waals surface area contributed by atoms with Crippen LogP contribution in [0.3, 0.4) is 0 Å². The van der Waals surface area contributed by atoms with E-state index in [0.29, 0.717) is 12.5 Å². The van der Waals surface area contributed by atoms with Gasteiger partial charge in [0.25, 0.3) is 0 Å². The predicted octanol–water partition coefficient (Wildman–Crippen LogP) is 0.445. The molecule has 1 aliphatic carbocycles. The minimum absolute atomic E-state index is 0.0722. The zero-order valence-corrected chi connectivity index (χ0v) is 11.8. The van der Waals surface area contributed by atoms with E-state index in [9.17, 15) is 13.2 Å². The van der Waals surface area contributed by atoms with E-state index in [4.69, 9.17) is 5.73 Å². The molecule has 0 aromatic carbocycles. The number of rotatable bonds is 7. The SMILES string of the molecule is CCCNC(=O)CS(=O)(=O)CC(N)C1CCCC1. The van der Waals surface area contributed by atoms with Crippen molar-refractivity contribution in [3.8, 4) is 0 Å². The van der Waals surface area contributed by atoms with E-state index in [1.54, 1.807) is 0 Å². The summed E-state index contributed by atoms with van der Waals surface area (Å²) < 4.78 is 23.7. The first-order valence-corrected chi connectivity index (χ1v) is 8.49. The minimum Gasteiger partial charge on any atom is -0.355 e. The van der Waals surface area contributed by atoms with Gasteiger partial charge in [0, 0.05) is 12.6 Å². The van der Waals surface area contributed by atoms with Gasteiger partial charge < -0.3 is 11.1 Å². The molecule has 18 heavy (non-hydrogen) atoms. The van der Waals surface area contributed by atoms with Crippen LogP contribution in [0.25, 0.3) is 0 Å². The minimum atomic E-state index is -3.38. The Morgan fingerprint density at radius 2 is 2.00 bits per heavy atom. The lowest BCUT2D eigenvalue weighted by Gasteiger charge is -2.18. The molecule has 0 saturated heterocycles. The number of nitrogens with two attached hydrogens (primary N) is 1. The largest absolute Gasteiger partial charge is 0.355 e. The van der Waals surface area contributed by atoms with E-state index in [2.05, 4.69) is 5.32 Å². The Bertz CT molecular complexity index is 362. The van der Waals surface area contributed by atoms with Crippen LogP contribution >= 0.6 is 0 Å². The first kappa shape index (κ1) is 15.4. The van der Waals surface area contributed by atoms with E-state index in [1.807, 2.05) is 6.92 Å². The molecule has 1 atom stereocenters. The average molecular weight is 276 g/mol. The fraction of sp³-hybridized carbons (Fsp3) is 0.917. The van der Waals surface area contributed by atoms with Gasteiger partial charge in [-0.25, -0.2) is 8.42 Å². The maximum absolute atomic E-state index is 11.8. The van der Waals surface area contributed by atoms with Gasteiger partial charge in [-0.3, -0.25) is 4.79 Å². The topological polar surface area (TPSA) is 89.3 Å². The summed E-state index contributed by atoms with van der Waals surface area (Å²) in [4.78, 5) is 11.4. The molecule has 0 radical (unpaired) electrons. The molecule has 0 heterocycles. The molecule has 1 unspecified atom stereocenters. The highest BCUT2D eigenvalue weighted by Gasteiger charge is 2.27. The summed E-state index contributed by atoms with van der Waals surface area (Å²) in [6, 6.07) is -0.323. The quantitative estimate of drug-likeness (QED) is 0.706. The third-order valence-electron chi connectivity index (χ3n) is 3.37. The zero-order valence-electron chi connectivity index (χ0n) is 11.0. The normalized spacial score (nSPS) is 18.8. The van der Waals surface area contributed by atoms with Crippen LogP contribution in [0, 0.1) is 5.92 Å². The van der Waals surface area contributed by atoms with Crippen molar-refractivity contribution in [2.45, 2.75) is 45.1 Å². The second kappa shape index (κ2) is 7.09. The van der Waals surface area contributed by atoms with Crippen molar-refractivity contribution < 1.29 is 13.2 Å². The van der Waals surface area contributed by atoms with Crippen LogP contribution < -0.4 is 11.1 Å². The van der Waals surface area contributed by atoms with E-state index < -0.39 is 21.5 Å². The molecule has 0 bridgehead atoms. The van der Waals surface area contributed by atoms with E-state index in [-0.39, 0.29) is 11.8 Å². The number of carbonyl (C=O) groups is 1. The van der Waals surface area contributed by atoms with Gasteiger partial charge in [0.2, 0.25) is 5.91 Å². The molecule has 0 aromatic heterocycles. The Hall–Kier alpha value is -0.620. The molecule has 0 aliphatic heterocycles.